The van der Waals surface area contributed by atoms with Crippen LogP contribution in [0.25, 0.3) is 5.57 Å². The maximum atomic E-state index is 12.8. The SMILES string of the molecule is FC(F)(F)c1ccc(C(=C(Cl)Cl)c2ccc(Br)cc2)cc1Cl. The topological polar surface area (TPSA) is 0 Å². The van der Waals surface area contributed by atoms with Crippen LogP contribution in [0.1, 0.15) is 16.7 Å². The number of benzene rings is 2. The number of hydrogen-bond acceptors (Lipinski definition) is 0. The summed E-state index contributed by atoms with van der Waals surface area (Å²) in [6, 6.07) is 10.4. The Balaban J connectivity index is 2.54. The highest BCUT2D eigenvalue weighted by atomic mass is 79.9. The third kappa shape index (κ3) is 3.99. The maximum Gasteiger partial charge on any atom is 0.417 e. The first-order valence-corrected chi connectivity index (χ1v) is 7.81. The zero-order valence-electron chi connectivity index (χ0n) is 10.7. The van der Waals surface area contributed by atoms with Crippen LogP contribution in [-0.4, -0.2) is 0 Å². The Morgan fingerprint density at radius 2 is 1.45 bits per heavy atom. The lowest BCUT2D eigenvalue weighted by molar-refractivity contribution is -0.137. The van der Waals surface area contributed by atoms with Crippen molar-refractivity contribution in [2.24, 2.45) is 0 Å². The quantitative estimate of drug-likeness (QED) is 0.468. The van der Waals surface area contributed by atoms with E-state index in [9.17, 15) is 13.2 Å². The van der Waals surface area contributed by atoms with Crippen LogP contribution in [0.15, 0.2) is 51.4 Å². The molecule has 116 valence electrons. The molecule has 0 nitrogen and oxygen atoms in total. The van der Waals surface area contributed by atoms with E-state index in [0.717, 1.165) is 10.5 Å². The summed E-state index contributed by atoms with van der Waals surface area (Å²) in [6.07, 6.45) is -4.51. The third-order valence-corrected chi connectivity index (χ3v) is 4.10. The van der Waals surface area contributed by atoms with Gasteiger partial charge in [-0.1, -0.05) is 68.9 Å². The highest BCUT2D eigenvalue weighted by Crippen LogP contribution is 2.38. The van der Waals surface area contributed by atoms with Crippen molar-refractivity contribution >= 4 is 56.3 Å². The van der Waals surface area contributed by atoms with Crippen molar-refractivity contribution in [2.75, 3.05) is 0 Å². The molecule has 0 aliphatic heterocycles. The maximum absolute atomic E-state index is 12.8. The number of rotatable bonds is 2. The highest BCUT2D eigenvalue weighted by molar-refractivity contribution is 9.10. The summed E-state index contributed by atoms with van der Waals surface area (Å²) in [5, 5.41) is -0.408. The lowest BCUT2D eigenvalue weighted by atomic mass is 9.98. The monoisotopic (exact) mass is 428 g/mol. The van der Waals surface area contributed by atoms with Gasteiger partial charge in [0.25, 0.3) is 0 Å². The summed E-state index contributed by atoms with van der Waals surface area (Å²) in [6.45, 7) is 0. The molecule has 0 bridgehead atoms. The third-order valence-electron chi connectivity index (χ3n) is 2.89. The van der Waals surface area contributed by atoms with Crippen molar-refractivity contribution in [3.8, 4) is 0 Å². The molecule has 0 spiro atoms. The van der Waals surface area contributed by atoms with Gasteiger partial charge in [0, 0.05) is 10.0 Å². The first-order chi connectivity index (χ1) is 10.2. The van der Waals surface area contributed by atoms with Crippen molar-refractivity contribution in [1.29, 1.82) is 0 Å². The van der Waals surface area contributed by atoms with Gasteiger partial charge in [-0.2, -0.15) is 13.2 Å². The molecular formula is C15H7BrCl3F3. The molecule has 0 amide bonds. The molecular weight excluding hydrogens is 423 g/mol. The second-order valence-electron chi connectivity index (χ2n) is 4.33. The van der Waals surface area contributed by atoms with Crippen molar-refractivity contribution in [2.45, 2.75) is 6.18 Å². The highest BCUT2D eigenvalue weighted by Gasteiger charge is 2.33. The summed E-state index contributed by atoms with van der Waals surface area (Å²) in [4.78, 5) is 0. The van der Waals surface area contributed by atoms with Crippen molar-refractivity contribution in [3.05, 3.63) is 73.1 Å². The fraction of sp³-hybridized carbons (Fsp3) is 0.0667. The van der Waals surface area contributed by atoms with Gasteiger partial charge in [0.15, 0.2) is 0 Å². The average molecular weight is 430 g/mol. The fourth-order valence-corrected chi connectivity index (χ4v) is 2.89. The molecule has 22 heavy (non-hydrogen) atoms. The zero-order chi connectivity index (χ0) is 16.5. The number of hydrogen-bond donors (Lipinski definition) is 0. The van der Waals surface area contributed by atoms with Gasteiger partial charge >= 0.3 is 6.18 Å². The number of halogens is 7. The molecule has 2 rings (SSSR count). The summed E-state index contributed by atoms with van der Waals surface area (Å²) >= 11 is 20.8. The Hall–Kier alpha value is -0.680. The smallest absolute Gasteiger partial charge is 0.166 e. The second kappa shape index (κ2) is 6.83. The minimum Gasteiger partial charge on any atom is -0.166 e. The summed E-state index contributed by atoms with van der Waals surface area (Å²) in [7, 11) is 0. The summed E-state index contributed by atoms with van der Waals surface area (Å²) < 4.78 is 39.1. The first-order valence-electron chi connectivity index (χ1n) is 5.88. The lowest BCUT2D eigenvalue weighted by Crippen LogP contribution is -2.06. The molecule has 0 saturated heterocycles. The predicted molar refractivity (Wildman–Crippen MR) is 88.3 cm³/mol. The van der Waals surface area contributed by atoms with Gasteiger partial charge in [0.05, 0.1) is 10.6 Å². The van der Waals surface area contributed by atoms with Gasteiger partial charge < -0.3 is 0 Å². The molecule has 0 aromatic heterocycles. The average Bonchev–Trinajstić information content (AvgIpc) is 2.39. The van der Waals surface area contributed by atoms with Crippen LogP contribution < -0.4 is 0 Å². The van der Waals surface area contributed by atoms with Gasteiger partial charge in [-0.05, 0) is 35.4 Å². The van der Waals surface area contributed by atoms with Gasteiger partial charge in [0.2, 0.25) is 0 Å². The van der Waals surface area contributed by atoms with Crippen LogP contribution in [-0.2, 0) is 6.18 Å². The normalized spacial score (nSPS) is 11.4. The van der Waals surface area contributed by atoms with Crippen molar-refractivity contribution in [1.82, 2.24) is 0 Å². The molecule has 0 aliphatic rings. The van der Waals surface area contributed by atoms with E-state index in [-0.39, 0.29) is 4.49 Å². The minimum absolute atomic E-state index is 0.0573. The molecule has 2 aromatic rings. The van der Waals surface area contributed by atoms with Crippen LogP contribution in [0.3, 0.4) is 0 Å². The van der Waals surface area contributed by atoms with E-state index in [0.29, 0.717) is 16.7 Å². The molecule has 0 heterocycles. The first kappa shape index (κ1) is 17.7. The van der Waals surface area contributed by atoms with Crippen LogP contribution in [0.5, 0.6) is 0 Å². The van der Waals surface area contributed by atoms with Crippen LogP contribution >= 0.6 is 50.7 Å². The molecule has 7 heteroatoms. The molecule has 2 aromatic carbocycles. The fourth-order valence-electron chi connectivity index (χ4n) is 1.90. The summed E-state index contributed by atoms with van der Waals surface area (Å²) in [5.74, 6) is 0. The molecule has 0 saturated carbocycles. The van der Waals surface area contributed by atoms with E-state index in [1.54, 1.807) is 24.3 Å². The van der Waals surface area contributed by atoms with E-state index in [2.05, 4.69) is 15.9 Å². The lowest BCUT2D eigenvalue weighted by Gasteiger charge is -2.13. The van der Waals surface area contributed by atoms with Crippen LogP contribution in [0.4, 0.5) is 13.2 Å². The van der Waals surface area contributed by atoms with E-state index < -0.39 is 16.8 Å². The van der Waals surface area contributed by atoms with E-state index in [4.69, 9.17) is 34.8 Å². The Morgan fingerprint density at radius 3 is 1.91 bits per heavy atom. The van der Waals surface area contributed by atoms with Crippen LogP contribution in [0.2, 0.25) is 5.02 Å². The zero-order valence-corrected chi connectivity index (χ0v) is 14.5. The van der Waals surface area contributed by atoms with Gasteiger partial charge in [0.1, 0.15) is 4.49 Å². The molecule has 0 N–H and O–H groups in total. The Kier molecular flexibility index (Phi) is 5.49. The molecule has 0 aliphatic carbocycles. The van der Waals surface area contributed by atoms with Crippen molar-refractivity contribution < 1.29 is 13.2 Å². The Bertz CT molecular complexity index is 718. The standard InChI is InChI=1S/C15H7BrCl3F3/c16-10-4-1-8(2-5-10)13(14(18)19)9-3-6-11(12(17)7-9)15(20,21)22/h1-7H. The van der Waals surface area contributed by atoms with Gasteiger partial charge in [-0.15, -0.1) is 0 Å². The van der Waals surface area contributed by atoms with Crippen molar-refractivity contribution in [3.63, 3.8) is 0 Å². The van der Waals surface area contributed by atoms with Crippen LogP contribution in [0, 0.1) is 0 Å². The Labute approximate surface area is 148 Å². The molecule has 0 radical (unpaired) electrons. The summed E-state index contributed by atoms with van der Waals surface area (Å²) in [5.41, 5.74) is 0.574. The van der Waals surface area contributed by atoms with E-state index in [1.807, 2.05) is 0 Å². The molecule has 0 atom stereocenters. The van der Waals surface area contributed by atoms with Gasteiger partial charge in [-0.25, -0.2) is 0 Å². The number of alkyl halides is 3. The Morgan fingerprint density at radius 1 is 0.909 bits per heavy atom. The van der Waals surface area contributed by atoms with Gasteiger partial charge in [-0.3, -0.25) is 0 Å². The second-order valence-corrected chi connectivity index (χ2v) is 6.61. The minimum atomic E-state index is -4.51. The molecule has 0 unspecified atom stereocenters. The largest absolute Gasteiger partial charge is 0.417 e. The van der Waals surface area contributed by atoms with E-state index >= 15 is 0 Å². The van der Waals surface area contributed by atoms with E-state index in [1.165, 1.54) is 12.1 Å². The molecule has 0 fully saturated rings. The predicted octanol–water partition coefficient (Wildman–Crippen LogP) is 7.32.